The highest BCUT2D eigenvalue weighted by Crippen LogP contribution is 2.24. The molecular weight excluding hydrogens is 260 g/mol. The van der Waals surface area contributed by atoms with E-state index in [1.807, 2.05) is 6.07 Å². The van der Waals surface area contributed by atoms with Gasteiger partial charge in [-0.1, -0.05) is 82.7 Å². The zero-order valence-electron chi connectivity index (χ0n) is 8.94. The van der Waals surface area contributed by atoms with Crippen molar-refractivity contribution in [2.75, 3.05) is 5.33 Å². The number of benzene rings is 2. The van der Waals surface area contributed by atoms with E-state index in [0.717, 1.165) is 5.33 Å². The summed E-state index contributed by atoms with van der Waals surface area (Å²) < 4.78 is 0. The second-order valence-corrected chi connectivity index (χ2v) is 4.16. The predicted octanol–water partition coefficient (Wildman–Crippen LogP) is 4.76. The monoisotopic (exact) mass is 272 g/mol. The SMILES string of the molecule is BrC/C=C/c1ccccc1-c1ccccc1. The molecule has 16 heavy (non-hydrogen) atoms. The molecule has 0 amide bonds. The molecule has 0 aromatic heterocycles. The number of hydrogen-bond donors (Lipinski definition) is 0. The standard InChI is InChI=1S/C15H13Br/c16-12-6-10-14-9-4-5-11-15(14)13-7-2-1-3-8-13/h1-11H,12H2/b10-6+. The van der Waals surface area contributed by atoms with Crippen LogP contribution in [0.2, 0.25) is 0 Å². The minimum Gasteiger partial charge on any atom is -0.0883 e. The number of alkyl halides is 1. The molecule has 2 rings (SSSR count). The summed E-state index contributed by atoms with van der Waals surface area (Å²) in [6.07, 6.45) is 4.26. The summed E-state index contributed by atoms with van der Waals surface area (Å²) in [6.45, 7) is 0. The van der Waals surface area contributed by atoms with E-state index < -0.39 is 0 Å². The molecule has 1 heteroatoms. The molecule has 0 aliphatic heterocycles. The smallest absolute Gasteiger partial charge is 0.0215 e. The van der Waals surface area contributed by atoms with Gasteiger partial charge in [0.05, 0.1) is 0 Å². The van der Waals surface area contributed by atoms with E-state index >= 15 is 0 Å². The van der Waals surface area contributed by atoms with Crippen LogP contribution in [0.5, 0.6) is 0 Å². The van der Waals surface area contributed by atoms with E-state index in [0.29, 0.717) is 0 Å². The fraction of sp³-hybridized carbons (Fsp3) is 0.0667. The first kappa shape index (κ1) is 11.2. The summed E-state index contributed by atoms with van der Waals surface area (Å²) in [6, 6.07) is 18.9. The molecule has 0 N–H and O–H groups in total. The first-order valence-corrected chi connectivity index (χ1v) is 6.41. The summed E-state index contributed by atoms with van der Waals surface area (Å²) in [5.41, 5.74) is 3.80. The van der Waals surface area contributed by atoms with Crippen molar-refractivity contribution in [1.82, 2.24) is 0 Å². The van der Waals surface area contributed by atoms with Gasteiger partial charge in [0.2, 0.25) is 0 Å². The Bertz CT molecular complexity index is 472. The summed E-state index contributed by atoms with van der Waals surface area (Å²) in [7, 11) is 0. The minimum absolute atomic E-state index is 0.885. The molecule has 0 aliphatic carbocycles. The molecule has 0 fully saturated rings. The van der Waals surface area contributed by atoms with Crippen molar-refractivity contribution in [3.63, 3.8) is 0 Å². The van der Waals surface area contributed by atoms with E-state index in [9.17, 15) is 0 Å². The average molecular weight is 273 g/mol. The third-order valence-electron chi connectivity index (χ3n) is 2.43. The third kappa shape index (κ3) is 2.61. The molecule has 0 heterocycles. The van der Waals surface area contributed by atoms with Gasteiger partial charge < -0.3 is 0 Å². The number of hydrogen-bond acceptors (Lipinski definition) is 0. The Kier molecular flexibility index (Phi) is 3.95. The van der Waals surface area contributed by atoms with Crippen molar-refractivity contribution in [3.05, 3.63) is 66.2 Å². The Morgan fingerprint density at radius 2 is 1.56 bits per heavy atom. The zero-order valence-corrected chi connectivity index (χ0v) is 10.5. The molecule has 0 saturated carbocycles. The van der Waals surface area contributed by atoms with Gasteiger partial charge in [-0.2, -0.15) is 0 Å². The molecule has 80 valence electrons. The van der Waals surface area contributed by atoms with Crippen LogP contribution in [0.3, 0.4) is 0 Å². The lowest BCUT2D eigenvalue weighted by Gasteiger charge is -2.05. The van der Waals surface area contributed by atoms with Crippen LogP contribution in [0, 0.1) is 0 Å². The number of rotatable bonds is 3. The van der Waals surface area contributed by atoms with Crippen molar-refractivity contribution < 1.29 is 0 Å². The van der Waals surface area contributed by atoms with E-state index in [1.165, 1.54) is 16.7 Å². The van der Waals surface area contributed by atoms with Crippen molar-refractivity contribution in [3.8, 4) is 11.1 Å². The molecule has 2 aromatic carbocycles. The van der Waals surface area contributed by atoms with Crippen LogP contribution in [-0.2, 0) is 0 Å². The molecule has 0 bridgehead atoms. The summed E-state index contributed by atoms with van der Waals surface area (Å²) in [5, 5.41) is 0.885. The van der Waals surface area contributed by atoms with Crippen LogP contribution < -0.4 is 0 Å². The Morgan fingerprint density at radius 3 is 2.31 bits per heavy atom. The van der Waals surface area contributed by atoms with E-state index in [4.69, 9.17) is 0 Å². The first-order valence-electron chi connectivity index (χ1n) is 5.29. The molecule has 0 saturated heterocycles. The summed E-state index contributed by atoms with van der Waals surface area (Å²) in [4.78, 5) is 0. The van der Waals surface area contributed by atoms with Crippen LogP contribution >= 0.6 is 15.9 Å². The van der Waals surface area contributed by atoms with Crippen molar-refractivity contribution in [1.29, 1.82) is 0 Å². The average Bonchev–Trinajstić information content (AvgIpc) is 2.38. The maximum atomic E-state index is 3.40. The molecule has 0 aliphatic rings. The Morgan fingerprint density at radius 1 is 0.875 bits per heavy atom. The maximum absolute atomic E-state index is 3.40. The van der Waals surface area contributed by atoms with Gasteiger partial charge >= 0.3 is 0 Å². The minimum atomic E-state index is 0.885. The van der Waals surface area contributed by atoms with Gasteiger partial charge in [-0.3, -0.25) is 0 Å². The van der Waals surface area contributed by atoms with Gasteiger partial charge in [-0.05, 0) is 16.7 Å². The Balaban J connectivity index is 2.45. The van der Waals surface area contributed by atoms with Crippen molar-refractivity contribution >= 4 is 22.0 Å². The highest BCUT2D eigenvalue weighted by molar-refractivity contribution is 9.09. The predicted molar refractivity (Wildman–Crippen MR) is 74.7 cm³/mol. The largest absolute Gasteiger partial charge is 0.0883 e. The van der Waals surface area contributed by atoms with Crippen LogP contribution in [0.1, 0.15) is 5.56 Å². The van der Waals surface area contributed by atoms with E-state index in [-0.39, 0.29) is 0 Å². The lowest BCUT2D eigenvalue weighted by Crippen LogP contribution is -1.82. The maximum Gasteiger partial charge on any atom is 0.0215 e. The number of allylic oxidation sites excluding steroid dienone is 1. The van der Waals surface area contributed by atoms with Gasteiger partial charge in [0.25, 0.3) is 0 Å². The lowest BCUT2D eigenvalue weighted by atomic mass is 9.99. The highest BCUT2D eigenvalue weighted by atomic mass is 79.9. The fourth-order valence-electron chi connectivity index (χ4n) is 1.69. The summed E-state index contributed by atoms with van der Waals surface area (Å²) in [5.74, 6) is 0. The first-order chi connectivity index (χ1) is 7.92. The van der Waals surface area contributed by atoms with Crippen LogP contribution in [0.4, 0.5) is 0 Å². The van der Waals surface area contributed by atoms with Gasteiger partial charge in [-0.15, -0.1) is 0 Å². The van der Waals surface area contributed by atoms with Crippen LogP contribution in [-0.4, -0.2) is 5.33 Å². The zero-order chi connectivity index (χ0) is 11.2. The fourth-order valence-corrected chi connectivity index (χ4v) is 1.88. The topological polar surface area (TPSA) is 0 Å². The van der Waals surface area contributed by atoms with Gasteiger partial charge in [-0.25, -0.2) is 0 Å². The molecule has 0 radical (unpaired) electrons. The third-order valence-corrected chi connectivity index (χ3v) is 2.81. The molecule has 0 unspecified atom stereocenters. The van der Waals surface area contributed by atoms with Gasteiger partial charge in [0.1, 0.15) is 0 Å². The van der Waals surface area contributed by atoms with Crippen LogP contribution in [0.15, 0.2) is 60.7 Å². The molecule has 0 atom stereocenters. The Labute approximate surface area is 105 Å². The van der Waals surface area contributed by atoms with Crippen molar-refractivity contribution in [2.24, 2.45) is 0 Å². The van der Waals surface area contributed by atoms with E-state index in [2.05, 4.69) is 76.6 Å². The molecular formula is C15H13Br. The molecule has 0 spiro atoms. The second kappa shape index (κ2) is 5.66. The number of halogens is 1. The van der Waals surface area contributed by atoms with Gasteiger partial charge in [0.15, 0.2) is 0 Å². The Hall–Kier alpha value is -1.34. The second-order valence-electron chi connectivity index (χ2n) is 3.51. The highest BCUT2D eigenvalue weighted by Gasteiger charge is 2.00. The van der Waals surface area contributed by atoms with Gasteiger partial charge in [0, 0.05) is 5.33 Å². The molecule has 0 nitrogen and oxygen atoms in total. The quantitative estimate of drug-likeness (QED) is 0.707. The molecule has 2 aromatic rings. The summed E-state index contributed by atoms with van der Waals surface area (Å²) >= 11 is 3.40. The lowest BCUT2D eigenvalue weighted by molar-refractivity contribution is 1.59. The van der Waals surface area contributed by atoms with Crippen molar-refractivity contribution in [2.45, 2.75) is 0 Å². The van der Waals surface area contributed by atoms with Crippen LogP contribution in [0.25, 0.3) is 17.2 Å². The van der Waals surface area contributed by atoms with E-state index in [1.54, 1.807) is 0 Å². The normalized spacial score (nSPS) is 10.8.